The third kappa shape index (κ3) is 15.4. The number of hydrogen-bond donors (Lipinski definition) is 0. The molecular weight excluding hydrogens is 238 g/mol. The van der Waals surface area contributed by atoms with Crippen LogP contribution in [0, 0.1) is 0 Å². The highest BCUT2D eigenvalue weighted by molar-refractivity contribution is 5.69. The Balaban J connectivity index is 3.16. The first-order valence-electron chi connectivity index (χ1n) is 7.97. The maximum absolute atomic E-state index is 11.4. The van der Waals surface area contributed by atoms with Gasteiger partial charge in [0.15, 0.2) is 0 Å². The molecule has 0 unspecified atom stereocenters. The van der Waals surface area contributed by atoms with Gasteiger partial charge in [-0.2, -0.15) is 0 Å². The lowest BCUT2D eigenvalue weighted by atomic mass is 10.1. The molecule has 0 N–H and O–H groups in total. The van der Waals surface area contributed by atoms with E-state index in [0.29, 0.717) is 13.0 Å². The molecule has 19 heavy (non-hydrogen) atoms. The Morgan fingerprint density at radius 3 is 2.05 bits per heavy atom. The van der Waals surface area contributed by atoms with E-state index < -0.39 is 0 Å². The van der Waals surface area contributed by atoms with Gasteiger partial charge < -0.3 is 9.64 Å². The summed E-state index contributed by atoms with van der Waals surface area (Å²) >= 11 is 0. The van der Waals surface area contributed by atoms with Crippen LogP contribution in [-0.2, 0) is 9.53 Å². The highest BCUT2D eigenvalue weighted by atomic mass is 16.5. The van der Waals surface area contributed by atoms with Crippen LogP contribution in [-0.4, -0.2) is 38.1 Å². The highest BCUT2D eigenvalue weighted by Gasteiger charge is 2.02. The zero-order chi connectivity index (χ0) is 14.3. The topological polar surface area (TPSA) is 29.5 Å². The third-order valence-electron chi connectivity index (χ3n) is 3.25. The molecule has 3 heteroatoms. The monoisotopic (exact) mass is 271 g/mol. The Bertz CT molecular complexity index is 205. The summed E-state index contributed by atoms with van der Waals surface area (Å²) < 4.78 is 5.19. The van der Waals surface area contributed by atoms with Gasteiger partial charge in [0.05, 0.1) is 6.61 Å². The second-order valence-corrected chi connectivity index (χ2v) is 5.60. The van der Waals surface area contributed by atoms with Crippen LogP contribution in [0.5, 0.6) is 0 Å². The van der Waals surface area contributed by atoms with Crippen LogP contribution in [0.15, 0.2) is 0 Å². The van der Waals surface area contributed by atoms with E-state index in [2.05, 4.69) is 11.8 Å². The van der Waals surface area contributed by atoms with E-state index >= 15 is 0 Å². The molecule has 0 aromatic carbocycles. The van der Waals surface area contributed by atoms with Gasteiger partial charge in [-0.15, -0.1) is 0 Å². The van der Waals surface area contributed by atoms with Gasteiger partial charge in [-0.05, 0) is 26.9 Å². The average Bonchev–Trinajstić information content (AvgIpc) is 2.37. The van der Waals surface area contributed by atoms with E-state index in [-0.39, 0.29) is 5.97 Å². The summed E-state index contributed by atoms with van der Waals surface area (Å²) in [6.07, 6.45) is 11.6. The molecule has 0 aromatic rings. The number of hydrogen-bond acceptors (Lipinski definition) is 3. The summed E-state index contributed by atoms with van der Waals surface area (Å²) in [4.78, 5) is 13.5. The normalized spacial score (nSPS) is 10.9. The Hall–Kier alpha value is -0.570. The molecule has 0 aliphatic heterocycles. The van der Waals surface area contributed by atoms with Crippen molar-refractivity contribution in [2.75, 3.05) is 27.2 Å². The van der Waals surface area contributed by atoms with E-state index in [1.807, 2.05) is 14.1 Å². The molecule has 0 aliphatic rings. The van der Waals surface area contributed by atoms with E-state index in [4.69, 9.17) is 4.74 Å². The predicted octanol–water partition coefficient (Wildman–Crippen LogP) is 4.01. The Morgan fingerprint density at radius 2 is 1.47 bits per heavy atom. The van der Waals surface area contributed by atoms with Gasteiger partial charge in [0.25, 0.3) is 0 Å². The zero-order valence-corrected chi connectivity index (χ0v) is 13.2. The van der Waals surface area contributed by atoms with Crippen molar-refractivity contribution in [2.24, 2.45) is 0 Å². The molecule has 0 spiro atoms. The minimum atomic E-state index is -0.0234. The van der Waals surface area contributed by atoms with Crippen molar-refractivity contribution < 1.29 is 9.53 Å². The molecule has 0 heterocycles. The van der Waals surface area contributed by atoms with Gasteiger partial charge in [0.2, 0.25) is 0 Å². The predicted molar refractivity (Wildman–Crippen MR) is 81.4 cm³/mol. The summed E-state index contributed by atoms with van der Waals surface area (Å²) in [5.41, 5.74) is 0. The van der Waals surface area contributed by atoms with Gasteiger partial charge >= 0.3 is 5.97 Å². The van der Waals surface area contributed by atoms with Gasteiger partial charge in [-0.1, -0.05) is 51.9 Å². The first kappa shape index (κ1) is 18.4. The molecule has 0 bridgehead atoms. The lowest BCUT2D eigenvalue weighted by Gasteiger charge is -2.09. The SMILES string of the molecule is CCCCCCCCCCC(=O)OCCCN(C)C. The standard InChI is InChI=1S/C16H33NO2/c1-4-5-6-7-8-9-10-11-13-16(18)19-15-12-14-17(2)3/h4-15H2,1-3H3. The van der Waals surface area contributed by atoms with Crippen molar-refractivity contribution in [1.29, 1.82) is 0 Å². The van der Waals surface area contributed by atoms with Gasteiger partial charge in [0.1, 0.15) is 0 Å². The quantitative estimate of drug-likeness (QED) is 0.374. The van der Waals surface area contributed by atoms with Crippen LogP contribution < -0.4 is 0 Å². The zero-order valence-electron chi connectivity index (χ0n) is 13.2. The maximum atomic E-state index is 11.4. The molecule has 0 radical (unpaired) electrons. The number of nitrogens with zero attached hydrogens (tertiary/aromatic N) is 1. The van der Waals surface area contributed by atoms with Crippen molar-refractivity contribution in [1.82, 2.24) is 4.90 Å². The summed E-state index contributed by atoms with van der Waals surface area (Å²) in [5, 5.41) is 0. The van der Waals surface area contributed by atoms with Gasteiger partial charge in [-0.25, -0.2) is 0 Å². The number of ether oxygens (including phenoxy) is 1. The minimum Gasteiger partial charge on any atom is -0.466 e. The van der Waals surface area contributed by atoms with E-state index in [1.54, 1.807) is 0 Å². The van der Waals surface area contributed by atoms with E-state index in [0.717, 1.165) is 19.4 Å². The van der Waals surface area contributed by atoms with Crippen LogP contribution >= 0.6 is 0 Å². The van der Waals surface area contributed by atoms with Crippen molar-refractivity contribution in [2.45, 2.75) is 71.1 Å². The molecule has 3 nitrogen and oxygen atoms in total. The lowest BCUT2D eigenvalue weighted by Crippen LogP contribution is -2.16. The molecule has 0 aliphatic carbocycles. The first-order valence-corrected chi connectivity index (χ1v) is 7.97. The number of esters is 1. The van der Waals surface area contributed by atoms with Crippen molar-refractivity contribution in [3.63, 3.8) is 0 Å². The van der Waals surface area contributed by atoms with Crippen LogP contribution in [0.3, 0.4) is 0 Å². The molecular formula is C16H33NO2. The second-order valence-electron chi connectivity index (χ2n) is 5.60. The molecule has 0 aromatic heterocycles. The number of rotatable bonds is 13. The van der Waals surface area contributed by atoms with Crippen LogP contribution in [0.25, 0.3) is 0 Å². The fourth-order valence-corrected chi connectivity index (χ4v) is 2.04. The lowest BCUT2D eigenvalue weighted by molar-refractivity contribution is -0.143. The first-order chi connectivity index (χ1) is 9.16. The fraction of sp³-hybridized carbons (Fsp3) is 0.938. The molecule has 0 atom stereocenters. The van der Waals surface area contributed by atoms with E-state index in [1.165, 1.54) is 44.9 Å². The summed E-state index contributed by atoms with van der Waals surface area (Å²) in [7, 11) is 4.06. The molecule has 0 amide bonds. The van der Waals surface area contributed by atoms with Gasteiger partial charge in [0, 0.05) is 13.0 Å². The molecule has 0 saturated carbocycles. The summed E-state index contributed by atoms with van der Waals surface area (Å²) in [6, 6.07) is 0. The molecule has 0 saturated heterocycles. The van der Waals surface area contributed by atoms with Crippen LogP contribution in [0.1, 0.15) is 71.1 Å². The largest absolute Gasteiger partial charge is 0.466 e. The Labute approximate surface area is 119 Å². The third-order valence-corrected chi connectivity index (χ3v) is 3.25. The van der Waals surface area contributed by atoms with Crippen molar-refractivity contribution in [3.8, 4) is 0 Å². The molecule has 114 valence electrons. The van der Waals surface area contributed by atoms with Crippen LogP contribution in [0.4, 0.5) is 0 Å². The highest BCUT2D eigenvalue weighted by Crippen LogP contribution is 2.09. The maximum Gasteiger partial charge on any atom is 0.305 e. The Morgan fingerprint density at radius 1 is 0.895 bits per heavy atom. The Kier molecular flexibility index (Phi) is 13.4. The molecule has 0 fully saturated rings. The minimum absolute atomic E-state index is 0.0234. The summed E-state index contributed by atoms with van der Waals surface area (Å²) in [6.45, 7) is 3.78. The molecule has 0 rings (SSSR count). The van der Waals surface area contributed by atoms with E-state index in [9.17, 15) is 4.79 Å². The fourth-order valence-electron chi connectivity index (χ4n) is 2.04. The van der Waals surface area contributed by atoms with Gasteiger partial charge in [-0.3, -0.25) is 4.79 Å². The number of carbonyl (C=O) groups excluding carboxylic acids is 1. The number of unbranched alkanes of at least 4 members (excludes halogenated alkanes) is 7. The van der Waals surface area contributed by atoms with Crippen molar-refractivity contribution >= 4 is 5.97 Å². The average molecular weight is 271 g/mol. The number of carbonyl (C=O) groups is 1. The van der Waals surface area contributed by atoms with Crippen molar-refractivity contribution in [3.05, 3.63) is 0 Å². The van der Waals surface area contributed by atoms with Crippen LogP contribution in [0.2, 0.25) is 0 Å². The summed E-state index contributed by atoms with van der Waals surface area (Å²) in [5.74, 6) is -0.0234. The second kappa shape index (κ2) is 13.9. The smallest absolute Gasteiger partial charge is 0.305 e.